The van der Waals surface area contributed by atoms with Crippen molar-refractivity contribution in [3.63, 3.8) is 0 Å². The van der Waals surface area contributed by atoms with Crippen LogP contribution >= 0.6 is 27.7 Å². The van der Waals surface area contributed by atoms with E-state index in [0.717, 1.165) is 12.3 Å². The average molecular weight is 593 g/mol. The van der Waals surface area contributed by atoms with Crippen molar-refractivity contribution in [1.29, 1.82) is 0 Å². The fourth-order valence-electron chi connectivity index (χ4n) is 3.09. The standard InChI is InChI=1S/C20H10BrF9N2O2S/c21-12-7-11(18(24,19(25,26)27)20(28,29)30)8-14(35-17(22)23)15(12)31-16(33)10-4-3-9-2-1-5-32(34)13(9)6-10/h1-8,17H,(H,31,33). The summed E-state index contributed by atoms with van der Waals surface area (Å²) in [5.41, 5.74) is -8.64. The zero-order chi connectivity index (χ0) is 26.3. The van der Waals surface area contributed by atoms with Gasteiger partial charge >= 0.3 is 18.0 Å². The Hall–Kier alpha value is -2.68. The molecule has 35 heavy (non-hydrogen) atoms. The molecule has 0 saturated carbocycles. The van der Waals surface area contributed by atoms with Crippen LogP contribution in [0.5, 0.6) is 0 Å². The highest BCUT2D eigenvalue weighted by molar-refractivity contribution is 9.10. The maximum atomic E-state index is 14.5. The first-order valence-corrected chi connectivity index (χ1v) is 10.8. The number of carbonyl (C=O) groups excluding carboxylic acids is 1. The zero-order valence-corrected chi connectivity index (χ0v) is 19.1. The topological polar surface area (TPSA) is 56.0 Å². The summed E-state index contributed by atoms with van der Waals surface area (Å²) >= 11 is 2.14. The lowest BCUT2D eigenvalue weighted by Crippen LogP contribution is -2.50. The number of fused-ring (bicyclic) bond motifs is 1. The van der Waals surface area contributed by atoms with E-state index in [9.17, 15) is 49.5 Å². The second kappa shape index (κ2) is 9.41. The second-order valence-electron chi connectivity index (χ2n) is 6.93. The van der Waals surface area contributed by atoms with Gasteiger partial charge in [0.05, 0.1) is 5.69 Å². The van der Waals surface area contributed by atoms with E-state index >= 15 is 0 Å². The lowest BCUT2D eigenvalue weighted by molar-refractivity contribution is -0.577. The van der Waals surface area contributed by atoms with Crippen LogP contribution in [-0.2, 0) is 5.67 Å². The van der Waals surface area contributed by atoms with E-state index in [1.54, 1.807) is 6.07 Å². The highest BCUT2D eigenvalue weighted by atomic mass is 79.9. The molecule has 188 valence electrons. The lowest BCUT2D eigenvalue weighted by Gasteiger charge is -2.31. The molecule has 1 aromatic heterocycles. The summed E-state index contributed by atoms with van der Waals surface area (Å²) in [6.07, 6.45) is -11.8. The van der Waals surface area contributed by atoms with Crippen LogP contribution in [0.3, 0.4) is 0 Å². The molecule has 1 N–H and O–H groups in total. The number of nitrogens with zero attached hydrogens (tertiary/aromatic N) is 1. The van der Waals surface area contributed by atoms with Gasteiger partial charge in [-0.3, -0.25) is 4.79 Å². The van der Waals surface area contributed by atoms with Gasteiger partial charge < -0.3 is 10.5 Å². The second-order valence-corrected chi connectivity index (χ2v) is 8.81. The van der Waals surface area contributed by atoms with E-state index < -0.39 is 62.1 Å². The number of amides is 1. The molecule has 4 nitrogen and oxygen atoms in total. The quantitative estimate of drug-likeness (QED) is 0.149. The smallest absolute Gasteiger partial charge is 0.435 e. The van der Waals surface area contributed by atoms with Crippen LogP contribution in [0.4, 0.5) is 45.2 Å². The minimum absolute atomic E-state index is 0.0503. The maximum Gasteiger partial charge on any atom is 0.435 e. The number of carbonyl (C=O) groups is 1. The molecule has 0 bridgehead atoms. The summed E-state index contributed by atoms with van der Waals surface area (Å²) in [5.74, 6) is -4.38. The third-order valence-corrected chi connectivity index (χ3v) is 6.09. The molecule has 0 saturated heterocycles. The summed E-state index contributed by atoms with van der Waals surface area (Å²) < 4.78 is 119. The molecule has 0 aliphatic heterocycles. The first-order chi connectivity index (χ1) is 16.1. The number of hydrogen-bond donors (Lipinski definition) is 1. The average Bonchev–Trinajstić information content (AvgIpc) is 2.73. The predicted molar refractivity (Wildman–Crippen MR) is 112 cm³/mol. The van der Waals surface area contributed by atoms with Crippen LogP contribution in [0.1, 0.15) is 15.9 Å². The molecular weight excluding hydrogens is 583 g/mol. The Morgan fingerprint density at radius 2 is 1.63 bits per heavy atom. The normalized spacial score (nSPS) is 12.9. The Labute approximate surface area is 202 Å². The van der Waals surface area contributed by atoms with Gasteiger partial charge in [0.2, 0.25) is 5.52 Å². The van der Waals surface area contributed by atoms with Crippen LogP contribution < -0.4 is 10.0 Å². The van der Waals surface area contributed by atoms with Crippen molar-refractivity contribution in [3.8, 4) is 0 Å². The number of rotatable bonds is 5. The van der Waals surface area contributed by atoms with Crippen LogP contribution in [0.2, 0.25) is 0 Å². The van der Waals surface area contributed by atoms with Crippen LogP contribution in [0.15, 0.2) is 58.0 Å². The first-order valence-electron chi connectivity index (χ1n) is 9.10. The summed E-state index contributed by atoms with van der Waals surface area (Å²) in [6, 6.07) is 6.81. The molecule has 0 radical (unpaired) electrons. The molecule has 2 aromatic carbocycles. The van der Waals surface area contributed by atoms with Crippen molar-refractivity contribution in [2.75, 3.05) is 5.32 Å². The van der Waals surface area contributed by atoms with E-state index in [2.05, 4.69) is 21.2 Å². The largest absolute Gasteiger partial charge is 0.618 e. The Bertz CT molecular complexity index is 1270. The Balaban J connectivity index is 2.10. The van der Waals surface area contributed by atoms with Gasteiger partial charge in [-0.2, -0.15) is 39.9 Å². The van der Waals surface area contributed by atoms with Gasteiger partial charge in [0.1, 0.15) is 0 Å². The molecule has 3 rings (SSSR count). The van der Waals surface area contributed by atoms with E-state index in [4.69, 9.17) is 0 Å². The van der Waals surface area contributed by atoms with E-state index in [1.165, 1.54) is 18.2 Å². The third kappa shape index (κ3) is 5.15. The van der Waals surface area contributed by atoms with Crippen LogP contribution in [0.25, 0.3) is 10.9 Å². The minimum atomic E-state index is -6.47. The van der Waals surface area contributed by atoms with Crippen molar-refractivity contribution in [1.82, 2.24) is 0 Å². The molecule has 1 amide bonds. The van der Waals surface area contributed by atoms with Gasteiger partial charge in [-0.15, -0.1) is 0 Å². The number of nitrogens with one attached hydrogen (secondary N) is 1. The van der Waals surface area contributed by atoms with Crippen molar-refractivity contribution < 1.29 is 49.0 Å². The Morgan fingerprint density at radius 3 is 2.20 bits per heavy atom. The SMILES string of the molecule is O=C(Nc1c(Br)cc(C(F)(C(F)(F)F)C(F)(F)F)cc1SC(F)F)c1ccc2ccc[n+]([O-])c2c1. The molecule has 0 aliphatic rings. The number of hydrogen-bond acceptors (Lipinski definition) is 3. The van der Waals surface area contributed by atoms with Gasteiger partial charge in [-0.05, 0) is 46.3 Å². The summed E-state index contributed by atoms with van der Waals surface area (Å²) in [6.45, 7) is 0. The van der Waals surface area contributed by atoms with Gasteiger partial charge in [-0.1, -0.05) is 11.8 Å². The molecule has 0 aliphatic carbocycles. The molecule has 15 heteroatoms. The molecule has 0 atom stereocenters. The molecule has 3 aromatic rings. The number of alkyl halides is 9. The fourth-order valence-corrected chi connectivity index (χ4v) is 4.44. The molecular formula is C20H10BrF9N2O2S. The van der Waals surface area contributed by atoms with Crippen LogP contribution in [0, 0.1) is 5.21 Å². The lowest BCUT2D eigenvalue weighted by atomic mass is 9.94. The van der Waals surface area contributed by atoms with E-state index in [-0.39, 0.29) is 23.2 Å². The molecule has 1 heterocycles. The Kier molecular flexibility index (Phi) is 7.24. The van der Waals surface area contributed by atoms with E-state index in [1.807, 2.05) is 0 Å². The van der Waals surface area contributed by atoms with Crippen molar-refractivity contribution in [3.05, 3.63) is 69.5 Å². The van der Waals surface area contributed by atoms with Crippen molar-refractivity contribution in [2.45, 2.75) is 28.7 Å². The third-order valence-electron chi connectivity index (χ3n) is 4.71. The summed E-state index contributed by atoms with van der Waals surface area (Å²) in [5, 5.41) is 14.5. The van der Waals surface area contributed by atoms with Crippen LogP contribution in [-0.4, -0.2) is 24.0 Å². The molecule has 0 spiro atoms. The Morgan fingerprint density at radius 1 is 1.00 bits per heavy atom. The monoisotopic (exact) mass is 592 g/mol. The highest BCUT2D eigenvalue weighted by Gasteiger charge is 2.73. The number of aromatic nitrogens is 1. The molecule has 0 fully saturated rings. The predicted octanol–water partition coefficient (Wildman–Crippen LogP) is 7.09. The molecule has 0 unspecified atom stereocenters. The van der Waals surface area contributed by atoms with E-state index in [0.29, 0.717) is 10.1 Å². The van der Waals surface area contributed by atoms with Gasteiger partial charge in [0.15, 0.2) is 6.20 Å². The number of thioether (sulfide) groups is 1. The zero-order valence-electron chi connectivity index (χ0n) is 16.6. The number of halogens is 10. The number of pyridine rings is 1. The van der Waals surface area contributed by atoms with Gasteiger partial charge in [-0.25, -0.2) is 4.39 Å². The fraction of sp³-hybridized carbons (Fsp3) is 0.200. The van der Waals surface area contributed by atoms with Gasteiger partial charge in [0.25, 0.3) is 11.7 Å². The number of benzene rings is 2. The maximum absolute atomic E-state index is 14.5. The summed E-state index contributed by atoms with van der Waals surface area (Å²) in [4.78, 5) is 11.7. The first kappa shape index (κ1) is 26.9. The number of anilines is 1. The highest BCUT2D eigenvalue weighted by Crippen LogP contribution is 2.55. The summed E-state index contributed by atoms with van der Waals surface area (Å²) in [7, 11) is 0. The minimum Gasteiger partial charge on any atom is -0.618 e. The van der Waals surface area contributed by atoms with Crippen molar-refractivity contribution in [2.24, 2.45) is 0 Å². The van der Waals surface area contributed by atoms with Crippen molar-refractivity contribution >= 4 is 50.2 Å². The van der Waals surface area contributed by atoms with Gasteiger partial charge in [0, 0.05) is 38.0 Å².